The van der Waals surface area contributed by atoms with Crippen LogP contribution in [-0.4, -0.2) is 55.1 Å². The number of rotatable bonds is 4. The minimum absolute atomic E-state index is 0.0347. The summed E-state index contributed by atoms with van der Waals surface area (Å²) in [7, 11) is 0. The van der Waals surface area contributed by atoms with E-state index in [0.29, 0.717) is 59.0 Å². The monoisotopic (exact) mass is 662 g/mol. The number of hydrogen-bond acceptors (Lipinski definition) is 6. The molecule has 7 rings (SSSR count). The number of halogens is 3. The van der Waals surface area contributed by atoms with Gasteiger partial charge < -0.3 is 5.11 Å². The summed E-state index contributed by atoms with van der Waals surface area (Å²) < 4.78 is 30.9. The van der Waals surface area contributed by atoms with E-state index < -0.39 is 17.3 Å². The Balaban J connectivity index is 1.19. The largest absolute Gasteiger partial charge is 0.478 e. The SMILES string of the molecule is Cc1cc(-c2cc(Cl)ccc2C#CCn2c(C)nc3c(c2=O)C[C@@](C)(N2CCC[C@]4(C2)CC4(F)F)CC3)c2scc(C(=O)O)c2n1. The van der Waals surface area contributed by atoms with Gasteiger partial charge in [0.05, 0.1) is 33.4 Å². The molecule has 1 saturated carbocycles. The fourth-order valence-electron chi connectivity index (χ4n) is 7.42. The van der Waals surface area contributed by atoms with Gasteiger partial charge in [0.1, 0.15) is 5.82 Å². The van der Waals surface area contributed by atoms with Crippen molar-refractivity contribution in [3.63, 3.8) is 0 Å². The second-order valence-electron chi connectivity index (χ2n) is 13.3. The number of alkyl halides is 2. The van der Waals surface area contributed by atoms with E-state index in [1.54, 1.807) is 22.1 Å². The average molecular weight is 663 g/mol. The molecule has 238 valence electrons. The van der Waals surface area contributed by atoms with Crippen molar-refractivity contribution in [3.8, 4) is 23.0 Å². The summed E-state index contributed by atoms with van der Waals surface area (Å²) >= 11 is 7.72. The highest BCUT2D eigenvalue weighted by Gasteiger charge is 2.71. The molecule has 11 heteroatoms. The number of nitrogens with zero attached hydrogens (tertiary/aromatic N) is 4. The summed E-state index contributed by atoms with van der Waals surface area (Å²) in [6.07, 6.45) is 3.15. The zero-order valence-electron chi connectivity index (χ0n) is 25.8. The highest BCUT2D eigenvalue weighted by atomic mass is 35.5. The van der Waals surface area contributed by atoms with Crippen molar-refractivity contribution in [3.05, 3.63) is 78.9 Å². The maximum atomic E-state index is 14.3. The number of aromatic nitrogens is 3. The number of hydrogen-bond donors (Lipinski definition) is 1. The fraction of sp³-hybridized carbons (Fsp3) is 0.429. The van der Waals surface area contributed by atoms with Crippen LogP contribution in [0.2, 0.25) is 5.02 Å². The second kappa shape index (κ2) is 11.0. The number of fused-ring (bicyclic) bond motifs is 2. The molecule has 1 aromatic carbocycles. The van der Waals surface area contributed by atoms with Gasteiger partial charge >= 0.3 is 5.97 Å². The van der Waals surface area contributed by atoms with Gasteiger partial charge in [-0.2, -0.15) is 0 Å². The Morgan fingerprint density at radius 3 is 2.70 bits per heavy atom. The van der Waals surface area contributed by atoms with Crippen LogP contribution in [0.3, 0.4) is 0 Å². The Kier molecular flexibility index (Phi) is 7.38. The summed E-state index contributed by atoms with van der Waals surface area (Å²) in [5, 5.41) is 11.8. The maximum Gasteiger partial charge on any atom is 0.338 e. The smallest absolute Gasteiger partial charge is 0.338 e. The van der Waals surface area contributed by atoms with Gasteiger partial charge in [-0.15, -0.1) is 11.3 Å². The van der Waals surface area contributed by atoms with E-state index in [0.717, 1.165) is 40.9 Å². The molecular formula is C35H33ClF2N4O3S. The Labute approximate surface area is 274 Å². The zero-order valence-corrected chi connectivity index (χ0v) is 27.4. The van der Waals surface area contributed by atoms with Gasteiger partial charge in [-0.25, -0.2) is 18.6 Å². The van der Waals surface area contributed by atoms with Crippen LogP contribution in [0.15, 0.2) is 34.4 Å². The number of carboxylic acid groups (broad SMARTS) is 1. The number of likely N-dealkylation sites (tertiary alicyclic amines) is 1. The van der Waals surface area contributed by atoms with E-state index in [2.05, 4.69) is 28.6 Å². The first-order valence-corrected chi connectivity index (χ1v) is 16.7. The zero-order chi connectivity index (χ0) is 32.6. The molecule has 1 aliphatic heterocycles. The van der Waals surface area contributed by atoms with Gasteiger partial charge in [0.2, 0.25) is 0 Å². The topological polar surface area (TPSA) is 88.3 Å². The molecule has 2 aliphatic carbocycles. The lowest BCUT2D eigenvalue weighted by atomic mass is 9.78. The van der Waals surface area contributed by atoms with Crippen molar-refractivity contribution in [1.82, 2.24) is 19.4 Å². The summed E-state index contributed by atoms with van der Waals surface area (Å²) in [4.78, 5) is 37.2. The first kappa shape index (κ1) is 31.0. The number of carboxylic acids is 1. The van der Waals surface area contributed by atoms with Crippen molar-refractivity contribution in [2.45, 2.75) is 77.3 Å². The van der Waals surface area contributed by atoms with E-state index in [1.165, 1.54) is 11.3 Å². The van der Waals surface area contributed by atoms with Crippen molar-refractivity contribution >= 4 is 39.1 Å². The lowest BCUT2D eigenvalue weighted by Crippen LogP contribution is -2.56. The molecule has 2 fully saturated rings. The third-order valence-corrected chi connectivity index (χ3v) is 11.4. The maximum absolute atomic E-state index is 14.3. The van der Waals surface area contributed by atoms with Crippen molar-refractivity contribution in [2.24, 2.45) is 5.41 Å². The lowest BCUT2D eigenvalue weighted by Gasteiger charge is -2.48. The van der Waals surface area contributed by atoms with Crippen LogP contribution in [0.5, 0.6) is 0 Å². The fourth-order valence-corrected chi connectivity index (χ4v) is 8.60. The summed E-state index contributed by atoms with van der Waals surface area (Å²) in [6.45, 7) is 6.98. The molecule has 1 spiro atoms. The molecule has 0 amide bonds. The number of aromatic carboxylic acids is 1. The number of carbonyl (C=O) groups is 1. The third kappa shape index (κ3) is 5.13. The molecular weight excluding hydrogens is 630 g/mol. The molecule has 4 aromatic rings. The molecule has 4 heterocycles. The third-order valence-electron chi connectivity index (χ3n) is 10.2. The van der Waals surface area contributed by atoms with Crippen LogP contribution in [0, 0.1) is 31.1 Å². The van der Waals surface area contributed by atoms with E-state index in [9.17, 15) is 23.5 Å². The van der Waals surface area contributed by atoms with Gasteiger partial charge in [0.15, 0.2) is 0 Å². The van der Waals surface area contributed by atoms with E-state index in [4.69, 9.17) is 16.6 Å². The number of benzene rings is 1. The number of thiophene rings is 1. The number of pyridine rings is 1. The molecule has 3 aromatic heterocycles. The van der Waals surface area contributed by atoms with Gasteiger partial charge in [-0.3, -0.25) is 19.2 Å². The Hall–Kier alpha value is -3.65. The van der Waals surface area contributed by atoms with E-state index >= 15 is 0 Å². The second-order valence-corrected chi connectivity index (χ2v) is 14.6. The molecule has 3 aliphatic rings. The number of aryl methyl sites for hydroxylation is 3. The van der Waals surface area contributed by atoms with Gasteiger partial charge in [-0.1, -0.05) is 23.4 Å². The number of piperidine rings is 1. The van der Waals surface area contributed by atoms with Crippen LogP contribution in [0.25, 0.3) is 21.3 Å². The molecule has 0 bridgehead atoms. The first-order valence-electron chi connectivity index (χ1n) is 15.4. The van der Waals surface area contributed by atoms with Crippen molar-refractivity contribution in [1.29, 1.82) is 0 Å². The Morgan fingerprint density at radius 1 is 1.17 bits per heavy atom. The van der Waals surface area contributed by atoms with Crippen LogP contribution >= 0.6 is 22.9 Å². The quantitative estimate of drug-likeness (QED) is 0.239. The van der Waals surface area contributed by atoms with Gasteiger partial charge in [-0.05, 0) is 83.7 Å². The molecule has 1 saturated heterocycles. The van der Waals surface area contributed by atoms with Crippen LogP contribution in [0.4, 0.5) is 8.78 Å². The predicted molar refractivity (Wildman–Crippen MR) is 175 cm³/mol. The molecule has 2 atom stereocenters. The van der Waals surface area contributed by atoms with Gasteiger partial charge in [0, 0.05) is 56.9 Å². The summed E-state index contributed by atoms with van der Waals surface area (Å²) in [5.41, 5.74) is 3.49. The standard InChI is InChI=1S/C35H33ClF2N4O3S/c1-20-14-25(30-29(39-20)27(17-46-30)32(44)45)24-15-23(36)8-7-22(24)6-4-13-42-21(2)40-28-9-11-33(3,16-26(28)31(42)43)41-12-5-10-34(19-41)18-35(34,37)38/h7-8,14-15,17H,5,9-13,16,18-19H2,1-3H3,(H,44,45)/t33-,34+/m0/s1. The van der Waals surface area contributed by atoms with Crippen molar-refractivity contribution < 1.29 is 18.7 Å². The highest BCUT2D eigenvalue weighted by molar-refractivity contribution is 7.18. The molecule has 1 N–H and O–H groups in total. The molecule has 0 unspecified atom stereocenters. The summed E-state index contributed by atoms with van der Waals surface area (Å²) in [5.74, 6) is 3.34. The molecule has 46 heavy (non-hydrogen) atoms. The lowest BCUT2D eigenvalue weighted by molar-refractivity contribution is -0.0161. The van der Waals surface area contributed by atoms with Crippen LogP contribution in [0.1, 0.15) is 71.3 Å². The minimum Gasteiger partial charge on any atom is -0.478 e. The Bertz CT molecular complexity index is 2060. The van der Waals surface area contributed by atoms with Crippen LogP contribution < -0.4 is 5.56 Å². The van der Waals surface area contributed by atoms with Gasteiger partial charge in [0.25, 0.3) is 11.5 Å². The van der Waals surface area contributed by atoms with E-state index in [1.807, 2.05) is 26.0 Å². The van der Waals surface area contributed by atoms with E-state index in [-0.39, 0.29) is 29.6 Å². The normalized spacial score (nSPS) is 23.6. The first-order chi connectivity index (χ1) is 21.8. The Morgan fingerprint density at radius 2 is 1.96 bits per heavy atom. The highest BCUT2D eigenvalue weighted by Crippen LogP contribution is 2.65. The average Bonchev–Trinajstić information content (AvgIpc) is 3.30. The molecule has 0 radical (unpaired) electrons. The van der Waals surface area contributed by atoms with Crippen LogP contribution in [-0.2, 0) is 19.4 Å². The minimum atomic E-state index is -2.59. The summed E-state index contributed by atoms with van der Waals surface area (Å²) in [6, 6.07) is 7.27. The van der Waals surface area contributed by atoms with Crippen molar-refractivity contribution in [2.75, 3.05) is 13.1 Å². The molecule has 7 nitrogen and oxygen atoms in total. The predicted octanol–water partition coefficient (Wildman–Crippen LogP) is 6.91.